The van der Waals surface area contributed by atoms with Gasteiger partial charge in [-0.05, 0) is 25.0 Å². The molecule has 0 aliphatic carbocycles. The Hall–Kier alpha value is -1.51. The predicted octanol–water partition coefficient (Wildman–Crippen LogP) is 2.40. The van der Waals surface area contributed by atoms with Crippen molar-refractivity contribution in [1.29, 1.82) is 0 Å². The summed E-state index contributed by atoms with van der Waals surface area (Å²) in [5, 5.41) is 0. The SMILES string of the molecule is CCc1ccc(OC)c(OC)c1CC(C)=O. The summed E-state index contributed by atoms with van der Waals surface area (Å²) in [5.41, 5.74) is 2.07. The molecule has 0 heterocycles. The minimum Gasteiger partial charge on any atom is -0.493 e. The average Bonchev–Trinajstić information content (AvgIpc) is 2.27. The van der Waals surface area contributed by atoms with Gasteiger partial charge in [-0.3, -0.25) is 4.79 Å². The number of carbonyl (C=O) groups is 1. The highest BCUT2D eigenvalue weighted by atomic mass is 16.5. The van der Waals surface area contributed by atoms with Crippen LogP contribution < -0.4 is 9.47 Å². The van der Waals surface area contributed by atoms with E-state index in [9.17, 15) is 4.79 Å². The van der Waals surface area contributed by atoms with E-state index in [0.29, 0.717) is 17.9 Å². The summed E-state index contributed by atoms with van der Waals surface area (Å²) in [7, 11) is 3.20. The first-order chi connectivity index (χ1) is 7.63. The second-order valence-corrected chi connectivity index (χ2v) is 3.67. The molecule has 3 nitrogen and oxygen atoms in total. The molecule has 0 atom stereocenters. The van der Waals surface area contributed by atoms with Crippen LogP contribution >= 0.6 is 0 Å². The zero-order valence-electron chi connectivity index (χ0n) is 10.3. The van der Waals surface area contributed by atoms with Crippen LogP contribution in [0.3, 0.4) is 0 Å². The second-order valence-electron chi connectivity index (χ2n) is 3.67. The van der Waals surface area contributed by atoms with Crippen LogP contribution in [-0.2, 0) is 17.6 Å². The van der Waals surface area contributed by atoms with Gasteiger partial charge in [0.2, 0.25) is 0 Å². The lowest BCUT2D eigenvalue weighted by Gasteiger charge is -2.15. The van der Waals surface area contributed by atoms with Crippen molar-refractivity contribution in [2.24, 2.45) is 0 Å². The van der Waals surface area contributed by atoms with E-state index in [2.05, 4.69) is 6.92 Å². The molecule has 0 saturated heterocycles. The number of carbonyl (C=O) groups excluding carboxylic acids is 1. The molecule has 16 heavy (non-hydrogen) atoms. The maximum atomic E-state index is 11.3. The lowest BCUT2D eigenvalue weighted by atomic mass is 9.99. The molecule has 1 aromatic carbocycles. The molecule has 0 unspecified atom stereocenters. The van der Waals surface area contributed by atoms with Crippen molar-refractivity contribution in [2.45, 2.75) is 26.7 Å². The lowest BCUT2D eigenvalue weighted by molar-refractivity contribution is -0.116. The summed E-state index contributed by atoms with van der Waals surface area (Å²) in [6.07, 6.45) is 1.27. The number of ketones is 1. The number of hydrogen-bond donors (Lipinski definition) is 0. The normalized spacial score (nSPS) is 10.0. The third-order valence-corrected chi connectivity index (χ3v) is 2.55. The van der Waals surface area contributed by atoms with Gasteiger partial charge in [0.1, 0.15) is 5.78 Å². The average molecular weight is 222 g/mol. The van der Waals surface area contributed by atoms with Crippen molar-refractivity contribution in [3.63, 3.8) is 0 Å². The molecular weight excluding hydrogens is 204 g/mol. The molecule has 0 amide bonds. The fraction of sp³-hybridized carbons (Fsp3) is 0.462. The summed E-state index contributed by atoms with van der Waals surface area (Å²) < 4.78 is 10.6. The fourth-order valence-electron chi connectivity index (χ4n) is 1.81. The first kappa shape index (κ1) is 12.6. The molecule has 0 bridgehead atoms. The highest BCUT2D eigenvalue weighted by Gasteiger charge is 2.15. The predicted molar refractivity (Wildman–Crippen MR) is 63.3 cm³/mol. The van der Waals surface area contributed by atoms with Gasteiger partial charge >= 0.3 is 0 Å². The number of ether oxygens (including phenoxy) is 2. The number of rotatable bonds is 5. The zero-order valence-corrected chi connectivity index (χ0v) is 10.3. The van der Waals surface area contributed by atoms with Crippen molar-refractivity contribution in [3.8, 4) is 11.5 Å². The summed E-state index contributed by atoms with van der Waals surface area (Å²) in [4.78, 5) is 11.3. The van der Waals surface area contributed by atoms with E-state index in [1.54, 1.807) is 21.1 Å². The Morgan fingerprint density at radius 3 is 2.38 bits per heavy atom. The zero-order chi connectivity index (χ0) is 12.1. The van der Waals surface area contributed by atoms with Crippen molar-refractivity contribution in [2.75, 3.05) is 14.2 Å². The number of benzene rings is 1. The molecule has 0 radical (unpaired) electrons. The van der Waals surface area contributed by atoms with Crippen LogP contribution in [0, 0.1) is 0 Å². The molecule has 0 N–H and O–H groups in total. The summed E-state index contributed by atoms with van der Waals surface area (Å²) >= 11 is 0. The van der Waals surface area contributed by atoms with Crippen LogP contribution in [-0.4, -0.2) is 20.0 Å². The summed E-state index contributed by atoms with van der Waals surface area (Å²) in [6.45, 7) is 3.64. The molecule has 1 aromatic rings. The summed E-state index contributed by atoms with van der Waals surface area (Å²) in [5.74, 6) is 1.48. The topological polar surface area (TPSA) is 35.5 Å². The highest BCUT2D eigenvalue weighted by molar-refractivity contribution is 5.80. The maximum absolute atomic E-state index is 11.3. The molecule has 0 spiro atoms. The Balaban J connectivity index is 3.30. The Morgan fingerprint density at radius 2 is 1.94 bits per heavy atom. The van der Waals surface area contributed by atoms with Crippen molar-refractivity contribution in [1.82, 2.24) is 0 Å². The number of methoxy groups -OCH3 is 2. The molecule has 0 aliphatic heterocycles. The third kappa shape index (κ3) is 2.54. The van der Waals surface area contributed by atoms with Crippen molar-refractivity contribution >= 4 is 5.78 Å². The molecule has 0 saturated carbocycles. The van der Waals surface area contributed by atoms with E-state index in [4.69, 9.17) is 9.47 Å². The lowest BCUT2D eigenvalue weighted by Crippen LogP contribution is -2.05. The van der Waals surface area contributed by atoms with E-state index >= 15 is 0 Å². The van der Waals surface area contributed by atoms with Crippen LogP contribution in [0.15, 0.2) is 12.1 Å². The monoisotopic (exact) mass is 222 g/mol. The van der Waals surface area contributed by atoms with Gasteiger partial charge in [0.05, 0.1) is 14.2 Å². The van der Waals surface area contributed by atoms with Gasteiger partial charge in [-0.25, -0.2) is 0 Å². The first-order valence-corrected chi connectivity index (χ1v) is 5.36. The molecule has 0 fully saturated rings. The quantitative estimate of drug-likeness (QED) is 0.767. The summed E-state index contributed by atoms with van der Waals surface area (Å²) in [6, 6.07) is 3.86. The van der Waals surface area contributed by atoms with E-state index in [-0.39, 0.29) is 5.78 Å². The van der Waals surface area contributed by atoms with Crippen LogP contribution in [0.4, 0.5) is 0 Å². The van der Waals surface area contributed by atoms with Crippen LogP contribution in [0.5, 0.6) is 11.5 Å². The fourth-order valence-corrected chi connectivity index (χ4v) is 1.81. The number of aryl methyl sites for hydroxylation is 1. The Morgan fingerprint density at radius 1 is 1.25 bits per heavy atom. The largest absolute Gasteiger partial charge is 0.493 e. The molecule has 3 heteroatoms. The van der Waals surface area contributed by atoms with Crippen molar-refractivity contribution in [3.05, 3.63) is 23.3 Å². The highest BCUT2D eigenvalue weighted by Crippen LogP contribution is 2.34. The molecule has 0 aliphatic rings. The van der Waals surface area contributed by atoms with Gasteiger partial charge in [0.25, 0.3) is 0 Å². The van der Waals surface area contributed by atoms with Gasteiger partial charge in [-0.15, -0.1) is 0 Å². The van der Waals surface area contributed by atoms with Gasteiger partial charge in [0, 0.05) is 12.0 Å². The molecular formula is C13H18O3. The van der Waals surface area contributed by atoms with Gasteiger partial charge < -0.3 is 9.47 Å². The van der Waals surface area contributed by atoms with E-state index in [0.717, 1.165) is 17.5 Å². The third-order valence-electron chi connectivity index (χ3n) is 2.55. The van der Waals surface area contributed by atoms with Crippen molar-refractivity contribution < 1.29 is 14.3 Å². The van der Waals surface area contributed by atoms with E-state index in [1.807, 2.05) is 12.1 Å². The van der Waals surface area contributed by atoms with Gasteiger partial charge in [-0.1, -0.05) is 13.0 Å². The first-order valence-electron chi connectivity index (χ1n) is 5.36. The second kappa shape index (κ2) is 5.54. The molecule has 88 valence electrons. The Kier molecular flexibility index (Phi) is 4.35. The maximum Gasteiger partial charge on any atom is 0.164 e. The van der Waals surface area contributed by atoms with Gasteiger partial charge in [0.15, 0.2) is 11.5 Å². The van der Waals surface area contributed by atoms with E-state index in [1.165, 1.54) is 0 Å². The number of hydrogen-bond acceptors (Lipinski definition) is 3. The van der Waals surface area contributed by atoms with Gasteiger partial charge in [-0.2, -0.15) is 0 Å². The smallest absolute Gasteiger partial charge is 0.164 e. The molecule has 1 rings (SSSR count). The Labute approximate surface area is 96.4 Å². The number of Topliss-reactive ketones (excluding diaryl/α,β-unsaturated/α-hetero) is 1. The van der Waals surface area contributed by atoms with Crippen LogP contribution in [0.1, 0.15) is 25.0 Å². The Bertz CT molecular complexity index is 383. The minimum absolute atomic E-state index is 0.126. The van der Waals surface area contributed by atoms with Crippen LogP contribution in [0.25, 0.3) is 0 Å². The van der Waals surface area contributed by atoms with E-state index < -0.39 is 0 Å². The minimum atomic E-state index is 0.126. The standard InChI is InChI=1S/C13H18O3/c1-5-10-6-7-12(15-3)13(16-4)11(10)8-9(2)14/h6-7H,5,8H2,1-4H3. The molecule has 0 aromatic heterocycles. The van der Waals surface area contributed by atoms with Crippen LogP contribution in [0.2, 0.25) is 0 Å².